The number of para-hydroxylation sites is 2. The van der Waals surface area contributed by atoms with E-state index < -0.39 is 5.56 Å². The Labute approximate surface area is 178 Å². The quantitative estimate of drug-likeness (QED) is 0.728. The van der Waals surface area contributed by atoms with E-state index in [0.29, 0.717) is 12.1 Å². The van der Waals surface area contributed by atoms with Gasteiger partial charge < -0.3 is 4.98 Å². The van der Waals surface area contributed by atoms with Crippen LogP contribution in [0.1, 0.15) is 90.0 Å². The summed E-state index contributed by atoms with van der Waals surface area (Å²) in [5.74, 6) is 0. The molecule has 1 aromatic heterocycles. The zero-order chi connectivity index (χ0) is 20.7. The zero-order valence-corrected chi connectivity index (χ0v) is 18.2. The van der Waals surface area contributed by atoms with E-state index in [-0.39, 0.29) is 17.1 Å². The van der Waals surface area contributed by atoms with Gasteiger partial charge >= 0.3 is 11.1 Å². The van der Waals surface area contributed by atoms with E-state index in [4.69, 9.17) is 0 Å². The van der Waals surface area contributed by atoms with E-state index in [1.54, 1.807) is 0 Å². The van der Waals surface area contributed by atoms with Crippen LogP contribution in [-0.4, -0.2) is 32.1 Å². The molecule has 5 rings (SSSR count). The van der Waals surface area contributed by atoms with Gasteiger partial charge in [-0.05, 0) is 57.6 Å². The second-order valence-corrected chi connectivity index (χ2v) is 10.2. The molecule has 30 heavy (non-hydrogen) atoms. The highest BCUT2D eigenvalue weighted by molar-refractivity contribution is 5.74. The molecule has 2 aliphatic heterocycles. The Morgan fingerprint density at radius 1 is 0.900 bits per heavy atom. The number of nitrogens with zero attached hydrogens (tertiary/aromatic N) is 2. The number of H-pyrrole nitrogens is 1. The second-order valence-electron chi connectivity index (χ2n) is 10.2. The molecule has 1 aliphatic carbocycles. The first kappa shape index (κ1) is 20.0. The van der Waals surface area contributed by atoms with Gasteiger partial charge in [-0.15, -0.1) is 0 Å². The van der Waals surface area contributed by atoms with Crippen molar-refractivity contribution < 1.29 is 0 Å². The van der Waals surface area contributed by atoms with Crippen LogP contribution < -0.4 is 11.1 Å². The van der Waals surface area contributed by atoms with Crippen molar-refractivity contribution in [2.45, 2.75) is 108 Å². The lowest BCUT2D eigenvalue weighted by molar-refractivity contribution is -0.0821. The highest BCUT2D eigenvalue weighted by atomic mass is 16.2. The molecular weight excluding hydrogens is 374 g/mol. The molecule has 0 spiro atoms. The Hall–Kier alpha value is -1.88. The topological polar surface area (TPSA) is 58.1 Å². The number of hydrogen-bond donors (Lipinski definition) is 1. The summed E-state index contributed by atoms with van der Waals surface area (Å²) in [5, 5.41) is 0. The molecule has 3 fully saturated rings. The Kier molecular flexibility index (Phi) is 5.34. The largest absolute Gasteiger partial charge is 0.316 e. The Bertz CT molecular complexity index is 1020. The third-order valence-electron chi connectivity index (χ3n) is 8.15. The lowest BCUT2D eigenvalue weighted by Crippen LogP contribution is -2.63. The maximum Gasteiger partial charge on any atom is 0.316 e. The van der Waals surface area contributed by atoms with Crippen molar-refractivity contribution in [2.24, 2.45) is 0 Å². The van der Waals surface area contributed by atoms with Gasteiger partial charge in [-0.1, -0.05) is 50.7 Å². The Morgan fingerprint density at radius 2 is 1.60 bits per heavy atom. The highest BCUT2D eigenvalue weighted by Gasteiger charge is 2.49. The van der Waals surface area contributed by atoms with Crippen LogP contribution >= 0.6 is 0 Å². The summed E-state index contributed by atoms with van der Waals surface area (Å²) in [5.41, 5.74) is 0.873. The van der Waals surface area contributed by atoms with Gasteiger partial charge in [-0.2, -0.15) is 0 Å². The summed E-state index contributed by atoms with van der Waals surface area (Å²) < 4.78 is 1.83. The molecule has 0 radical (unpaired) electrons. The standard InChI is InChI=1S/C25H35N3O2/c1-25-15-9-12-19(28(25)18-10-5-3-2-4-6-11-18)16-20(17-25)27-22-14-8-7-13-21(22)26-23(29)24(27)30/h7-8,13-14,18-20H,2-6,9-12,15-17H2,1H3,(H,26,29)/t19-,20-,25+/m0/s1. The molecule has 3 atom stereocenters. The van der Waals surface area contributed by atoms with Gasteiger partial charge in [0.2, 0.25) is 0 Å². The van der Waals surface area contributed by atoms with E-state index in [2.05, 4.69) is 16.8 Å². The van der Waals surface area contributed by atoms with E-state index >= 15 is 0 Å². The van der Waals surface area contributed by atoms with Gasteiger partial charge in [0.1, 0.15) is 0 Å². The summed E-state index contributed by atoms with van der Waals surface area (Å²) >= 11 is 0. The summed E-state index contributed by atoms with van der Waals surface area (Å²) in [6, 6.07) is 9.07. The molecule has 162 valence electrons. The molecule has 1 saturated carbocycles. The Balaban J connectivity index is 1.52. The van der Waals surface area contributed by atoms with Crippen LogP contribution in [0.25, 0.3) is 11.0 Å². The molecule has 0 amide bonds. The number of benzene rings is 1. The maximum absolute atomic E-state index is 13.0. The minimum Gasteiger partial charge on any atom is -0.316 e. The number of aromatic nitrogens is 2. The van der Waals surface area contributed by atoms with E-state index in [9.17, 15) is 9.59 Å². The van der Waals surface area contributed by atoms with Crippen molar-refractivity contribution in [3.63, 3.8) is 0 Å². The van der Waals surface area contributed by atoms with Gasteiger partial charge in [-0.3, -0.25) is 19.1 Å². The van der Waals surface area contributed by atoms with Crippen LogP contribution in [0.4, 0.5) is 0 Å². The first-order valence-corrected chi connectivity index (χ1v) is 12.1. The lowest BCUT2D eigenvalue weighted by Gasteiger charge is -2.59. The SMILES string of the molecule is C[C@@]12CCC[C@@H](C[C@H](n3c(=O)c(=O)[nH]c4ccccc43)C1)N2C1CCCCCCC1. The maximum atomic E-state index is 13.0. The smallest absolute Gasteiger partial charge is 0.316 e. The average molecular weight is 410 g/mol. The van der Waals surface area contributed by atoms with Crippen LogP contribution in [0.2, 0.25) is 0 Å². The molecule has 5 heteroatoms. The number of rotatable bonds is 2. The van der Waals surface area contributed by atoms with Crippen molar-refractivity contribution in [1.29, 1.82) is 0 Å². The number of piperidine rings is 2. The molecule has 1 aromatic carbocycles. The number of nitrogens with one attached hydrogen (secondary N) is 1. The van der Waals surface area contributed by atoms with Crippen molar-refractivity contribution in [3.05, 3.63) is 45.0 Å². The van der Waals surface area contributed by atoms with Crippen LogP contribution in [-0.2, 0) is 0 Å². The number of aromatic amines is 1. The molecular formula is C25H35N3O2. The van der Waals surface area contributed by atoms with Crippen molar-refractivity contribution in [2.75, 3.05) is 0 Å². The van der Waals surface area contributed by atoms with Crippen LogP contribution in [0.3, 0.4) is 0 Å². The second kappa shape index (κ2) is 7.99. The van der Waals surface area contributed by atoms with Crippen molar-refractivity contribution >= 4 is 11.0 Å². The third-order valence-corrected chi connectivity index (χ3v) is 8.15. The fourth-order valence-corrected chi connectivity index (χ4v) is 6.97. The summed E-state index contributed by atoms with van der Waals surface area (Å²) in [6.45, 7) is 2.44. The first-order valence-electron chi connectivity index (χ1n) is 12.1. The van der Waals surface area contributed by atoms with Crippen LogP contribution in [0, 0.1) is 0 Å². The highest BCUT2D eigenvalue weighted by Crippen LogP contribution is 2.48. The summed E-state index contributed by atoms with van der Waals surface area (Å²) in [7, 11) is 0. The first-order chi connectivity index (χ1) is 14.6. The van der Waals surface area contributed by atoms with Gasteiger partial charge in [-0.25, -0.2) is 0 Å². The van der Waals surface area contributed by atoms with Crippen molar-refractivity contribution in [3.8, 4) is 0 Å². The molecule has 5 nitrogen and oxygen atoms in total. The normalized spacial score (nSPS) is 31.4. The summed E-state index contributed by atoms with van der Waals surface area (Å²) in [4.78, 5) is 31.0. The van der Waals surface area contributed by atoms with Gasteiger partial charge in [0, 0.05) is 23.7 Å². The predicted molar refractivity (Wildman–Crippen MR) is 121 cm³/mol. The van der Waals surface area contributed by atoms with Crippen LogP contribution in [0.15, 0.2) is 33.9 Å². The van der Waals surface area contributed by atoms with Gasteiger partial charge in [0.25, 0.3) is 0 Å². The zero-order valence-electron chi connectivity index (χ0n) is 18.2. The minimum absolute atomic E-state index is 0.102. The van der Waals surface area contributed by atoms with E-state index in [1.807, 2.05) is 28.8 Å². The number of fused-ring (bicyclic) bond motifs is 3. The van der Waals surface area contributed by atoms with Crippen LogP contribution in [0.5, 0.6) is 0 Å². The molecule has 3 heterocycles. The molecule has 2 saturated heterocycles. The van der Waals surface area contributed by atoms with Gasteiger partial charge in [0.15, 0.2) is 0 Å². The lowest BCUT2D eigenvalue weighted by atomic mass is 9.71. The fraction of sp³-hybridized carbons (Fsp3) is 0.680. The molecule has 2 aromatic rings. The van der Waals surface area contributed by atoms with E-state index in [1.165, 1.54) is 64.2 Å². The Morgan fingerprint density at radius 3 is 2.37 bits per heavy atom. The average Bonchev–Trinajstić information content (AvgIpc) is 2.68. The van der Waals surface area contributed by atoms with E-state index in [0.717, 1.165) is 23.9 Å². The fourth-order valence-electron chi connectivity index (χ4n) is 6.97. The molecule has 2 bridgehead atoms. The molecule has 1 N–H and O–H groups in total. The summed E-state index contributed by atoms with van der Waals surface area (Å²) in [6.07, 6.45) is 15.2. The third kappa shape index (κ3) is 3.45. The molecule has 3 aliphatic rings. The monoisotopic (exact) mass is 409 g/mol. The number of hydrogen-bond acceptors (Lipinski definition) is 3. The minimum atomic E-state index is -0.494. The van der Waals surface area contributed by atoms with Gasteiger partial charge in [0.05, 0.1) is 11.0 Å². The van der Waals surface area contributed by atoms with Crippen molar-refractivity contribution in [1.82, 2.24) is 14.5 Å². The molecule has 0 unspecified atom stereocenters. The predicted octanol–water partition coefficient (Wildman–Crippen LogP) is 4.75.